The molecule has 1 aliphatic rings. The number of rotatable bonds is 6. The summed E-state index contributed by atoms with van der Waals surface area (Å²) in [5.41, 5.74) is -0.405. The maximum absolute atomic E-state index is 13.5. The van der Waals surface area contributed by atoms with Crippen molar-refractivity contribution in [2.45, 2.75) is 45.5 Å². The summed E-state index contributed by atoms with van der Waals surface area (Å²) in [5.74, 6) is -2.71. The summed E-state index contributed by atoms with van der Waals surface area (Å²) in [7, 11) is 0. The molecule has 2 rings (SSSR count). The summed E-state index contributed by atoms with van der Waals surface area (Å²) in [4.78, 5) is 26.3. The number of hydrogen-bond acceptors (Lipinski definition) is 4. The van der Waals surface area contributed by atoms with Crippen LogP contribution in [-0.2, 0) is 4.79 Å². The molecule has 2 N–H and O–H groups in total. The fraction of sp³-hybridized carbons (Fsp3) is 0.600. The fourth-order valence-electron chi connectivity index (χ4n) is 3.20. The molecule has 10 heteroatoms. The third-order valence-corrected chi connectivity index (χ3v) is 4.56. The van der Waals surface area contributed by atoms with Gasteiger partial charge >= 0.3 is 6.36 Å². The van der Waals surface area contributed by atoms with Gasteiger partial charge in [-0.25, -0.2) is 4.39 Å². The van der Waals surface area contributed by atoms with Crippen LogP contribution < -0.4 is 15.4 Å². The average molecular weight is 433 g/mol. The Morgan fingerprint density at radius 2 is 1.80 bits per heavy atom. The van der Waals surface area contributed by atoms with E-state index in [0.717, 1.165) is 31.0 Å². The number of carbonyl (C=O) groups excluding carboxylic acids is 2. The highest BCUT2D eigenvalue weighted by molar-refractivity contribution is 5.94. The first-order chi connectivity index (χ1) is 13.8. The third kappa shape index (κ3) is 8.17. The molecular formula is C20H27F4N3O3. The lowest BCUT2D eigenvalue weighted by atomic mass is 9.96. The number of halogens is 4. The lowest BCUT2D eigenvalue weighted by Gasteiger charge is -2.32. The molecule has 0 aromatic heterocycles. The van der Waals surface area contributed by atoms with Gasteiger partial charge in [0.1, 0.15) is 0 Å². The van der Waals surface area contributed by atoms with Gasteiger partial charge < -0.3 is 15.4 Å². The van der Waals surface area contributed by atoms with Crippen molar-refractivity contribution in [3.8, 4) is 5.75 Å². The van der Waals surface area contributed by atoms with Gasteiger partial charge in [0, 0.05) is 17.6 Å². The maximum atomic E-state index is 13.5. The summed E-state index contributed by atoms with van der Waals surface area (Å²) in [6.07, 6.45) is -3.50. The first-order valence-electron chi connectivity index (χ1n) is 9.69. The van der Waals surface area contributed by atoms with E-state index in [1.54, 1.807) is 0 Å². The van der Waals surface area contributed by atoms with Gasteiger partial charge in [0.25, 0.3) is 5.91 Å². The molecule has 0 atom stereocenters. The van der Waals surface area contributed by atoms with Crippen molar-refractivity contribution in [2.75, 3.05) is 26.2 Å². The first kappa shape index (κ1) is 23.9. The van der Waals surface area contributed by atoms with Crippen molar-refractivity contribution in [2.24, 2.45) is 5.92 Å². The number of nitrogens with zero attached hydrogens (tertiary/aromatic N) is 1. The van der Waals surface area contributed by atoms with Crippen LogP contribution in [0, 0.1) is 11.7 Å². The Bertz CT molecular complexity index is 755. The highest BCUT2D eigenvalue weighted by atomic mass is 19.4. The number of carbonyl (C=O) groups is 2. The highest BCUT2D eigenvalue weighted by Gasteiger charge is 2.32. The summed E-state index contributed by atoms with van der Waals surface area (Å²) in [6.45, 7) is 7.81. The van der Waals surface area contributed by atoms with Crippen LogP contribution >= 0.6 is 0 Å². The summed E-state index contributed by atoms with van der Waals surface area (Å²) < 4.78 is 54.0. The minimum Gasteiger partial charge on any atom is -0.403 e. The standard InChI is InChI=1S/C20H27F4N3O3/c1-19(2,3)26-17(28)12-27-8-6-13(7-9-27)11-25-18(29)14-4-5-15(21)16(10-14)30-20(22,23)24/h4-5,10,13H,6-9,11-12H2,1-3H3,(H,25,29)(H,26,28). The van der Waals surface area contributed by atoms with E-state index in [1.807, 2.05) is 25.7 Å². The predicted molar refractivity (Wildman–Crippen MR) is 102 cm³/mol. The normalized spacial score (nSPS) is 16.2. The van der Waals surface area contributed by atoms with Crippen LogP contribution in [0.2, 0.25) is 0 Å². The van der Waals surface area contributed by atoms with Crippen LogP contribution in [0.25, 0.3) is 0 Å². The van der Waals surface area contributed by atoms with E-state index in [4.69, 9.17) is 0 Å². The number of ether oxygens (including phenoxy) is 1. The van der Waals surface area contributed by atoms with Gasteiger partial charge in [0.2, 0.25) is 5.91 Å². The molecule has 0 bridgehead atoms. The smallest absolute Gasteiger partial charge is 0.403 e. The largest absolute Gasteiger partial charge is 0.573 e. The maximum Gasteiger partial charge on any atom is 0.573 e. The minimum absolute atomic E-state index is 0.0394. The molecular weight excluding hydrogens is 406 g/mol. The number of alkyl halides is 3. The van der Waals surface area contributed by atoms with E-state index in [0.29, 0.717) is 26.2 Å². The highest BCUT2D eigenvalue weighted by Crippen LogP contribution is 2.26. The van der Waals surface area contributed by atoms with Crippen molar-refractivity contribution in [3.63, 3.8) is 0 Å². The predicted octanol–water partition coefficient (Wildman–Crippen LogP) is 3.08. The van der Waals surface area contributed by atoms with Gasteiger partial charge in [-0.05, 0) is 70.8 Å². The fourth-order valence-corrected chi connectivity index (χ4v) is 3.20. The quantitative estimate of drug-likeness (QED) is 0.677. The second-order valence-corrected chi connectivity index (χ2v) is 8.42. The molecule has 0 unspecified atom stereocenters. The van der Waals surface area contributed by atoms with E-state index >= 15 is 0 Å². The molecule has 1 saturated heterocycles. The van der Waals surface area contributed by atoms with Crippen molar-refractivity contribution in [3.05, 3.63) is 29.6 Å². The molecule has 1 heterocycles. The molecule has 1 aromatic rings. The van der Waals surface area contributed by atoms with E-state index < -0.39 is 23.8 Å². The number of amides is 2. The molecule has 2 amide bonds. The number of piperidine rings is 1. The Morgan fingerprint density at radius 3 is 2.37 bits per heavy atom. The zero-order valence-electron chi connectivity index (χ0n) is 17.2. The molecule has 6 nitrogen and oxygen atoms in total. The van der Waals surface area contributed by atoms with Crippen molar-refractivity contribution in [1.29, 1.82) is 0 Å². The van der Waals surface area contributed by atoms with Crippen LogP contribution in [-0.4, -0.2) is 54.8 Å². The second-order valence-electron chi connectivity index (χ2n) is 8.42. The molecule has 30 heavy (non-hydrogen) atoms. The summed E-state index contributed by atoms with van der Waals surface area (Å²) >= 11 is 0. The number of benzene rings is 1. The topological polar surface area (TPSA) is 70.7 Å². The van der Waals surface area contributed by atoms with Gasteiger partial charge in [-0.1, -0.05) is 0 Å². The van der Waals surface area contributed by atoms with Gasteiger partial charge in [-0.3, -0.25) is 14.5 Å². The SMILES string of the molecule is CC(C)(C)NC(=O)CN1CCC(CNC(=O)c2ccc(F)c(OC(F)(F)F)c2)CC1. The molecule has 0 aliphatic carbocycles. The Labute approximate surface area is 172 Å². The second kappa shape index (κ2) is 9.63. The third-order valence-electron chi connectivity index (χ3n) is 4.56. The molecule has 1 aromatic carbocycles. The Hall–Kier alpha value is -2.36. The molecule has 168 valence electrons. The van der Waals surface area contributed by atoms with E-state index in [-0.39, 0.29) is 22.9 Å². The molecule has 0 radical (unpaired) electrons. The number of likely N-dealkylation sites (tertiary alicyclic amines) is 1. The Morgan fingerprint density at radius 1 is 1.17 bits per heavy atom. The van der Waals surface area contributed by atoms with Gasteiger partial charge in [0.05, 0.1) is 6.54 Å². The molecule has 0 saturated carbocycles. The van der Waals surface area contributed by atoms with E-state index in [9.17, 15) is 27.2 Å². The van der Waals surface area contributed by atoms with Gasteiger partial charge in [-0.2, -0.15) is 0 Å². The summed E-state index contributed by atoms with van der Waals surface area (Å²) in [5, 5.41) is 5.58. The van der Waals surface area contributed by atoms with Crippen molar-refractivity contribution >= 4 is 11.8 Å². The van der Waals surface area contributed by atoms with Crippen LogP contribution in [0.15, 0.2) is 18.2 Å². The van der Waals surface area contributed by atoms with Gasteiger partial charge in [-0.15, -0.1) is 13.2 Å². The van der Waals surface area contributed by atoms with Crippen LogP contribution in [0.1, 0.15) is 44.0 Å². The molecule has 1 fully saturated rings. The zero-order chi connectivity index (χ0) is 22.5. The van der Waals surface area contributed by atoms with Crippen LogP contribution in [0.4, 0.5) is 17.6 Å². The lowest BCUT2D eigenvalue weighted by Crippen LogP contribution is -2.48. The van der Waals surface area contributed by atoms with Gasteiger partial charge in [0.15, 0.2) is 11.6 Å². The van der Waals surface area contributed by atoms with Crippen molar-refractivity contribution < 1.29 is 31.9 Å². The first-order valence-corrected chi connectivity index (χ1v) is 9.69. The minimum atomic E-state index is -5.05. The van der Waals surface area contributed by atoms with E-state index in [1.165, 1.54) is 0 Å². The van der Waals surface area contributed by atoms with Crippen LogP contribution in [0.3, 0.4) is 0 Å². The molecule has 1 aliphatic heterocycles. The monoisotopic (exact) mass is 433 g/mol. The zero-order valence-corrected chi connectivity index (χ0v) is 17.2. The number of nitrogens with one attached hydrogen (secondary N) is 2. The lowest BCUT2D eigenvalue weighted by molar-refractivity contribution is -0.275. The van der Waals surface area contributed by atoms with Crippen LogP contribution in [0.5, 0.6) is 5.75 Å². The Balaban J connectivity index is 1.80. The summed E-state index contributed by atoms with van der Waals surface area (Å²) in [6, 6.07) is 2.59. The Kier molecular flexibility index (Phi) is 7.68. The number of hydrogen-bond donors (Lipinski definition) is 2. The van der Waals surface area contributed by atoms with E-state index in [2.05, 4.69) is 15.4 Å². The average Bonchev–Trinajstić information content (AvgIpc) is 2.60. The van der Waals surface area contributed by atoms with Crippen molar-refractivity contribution in [1.82, 2.24) is 15.5 Å². The molecule has 0 spiro atoms.